The monoisotopic (exact) mass is 335 g/mol. The number of nitrogens with one attached hydrogen (secondary N) is 1. The Balaban J connectivity index is 1.54. The van der Waals surface area contributed by atoms with Gasteiger partial charge in [0.15, 0.2) is 0 Å². The van der Waals surface area contributed by atoms with Gasteiger partial charge < -0.3 is 19.4 Å². The number of hydrogen-bond acceptors (Lipinski definition) is 4. The van der Waals surface area contributed by atoms with Crippen LogP contribution in [0.2, 0.25) is 5.02 Å². The summed E-state index contributed by atoms with van der Waals surface area (Å²) in [7, 11) is 0. The Labute approximate surface area is 139 Å². The van der Waals surface area contributed by atoms with Crippen molar-refractivity contribution in [1.82, 2.24) is 14.9 Å². The number of nitrogens with zero attached hydrogens (tertiary/aromatic N) is 2. The van der Waals surface area contributed by atoms with E-state index in [2.05, 4.69) is 10.3 Å². The lowest BCUT2D eigenvalue weighted by Gasteiger charge is -2.12. The van der Waals surface area contributed by atoms with Crippen LogP contribution in [0.25, 0.3) is 0 Å². The third-order valence-electron chi connectivity index (χ3n) is 3.56. The van der Waals surface area contributed by atoms with Crippen LogP contribution in [-0.4, -0.2) is 41.3 Å². The van der Waals surface area contributed by atoms with Gasteiger partial charge in [-0.25, -0.2) is 4.98 Å². The summed E-state index contributed by atoms with van der Waals surface area (Å²) in [5.74, 6) is 0.133. The zero-order valence-corrected chi connectivity index (χ0v) is 13.3. The third-order valence-corrected chi connectivity index (χ3v) is 3.83. The summed E-state index contributed by atoms with van der Waals surface area (Å²) in [4.78, 5) is 16.2. The lowest BCUT2D eigenvalue weighted by Crippen LogP contribution is -2.27. The summed E-state index contributed by atoms with van der Waals surface area (Å²) >= 11 is 6.15. The van der Waals surface area contributed by atoms with Crippen LogP contribution in [0.15, 0.2) is 36.8 Å². The summed E-state index contributed by atoms with van der Waals surface area (Å²) in [6.07, 6.45) is 6.16. The average molecular weight is 336 g/mol. The molecule has 1 atom stereocenters. The van der Waals surface area contributed by atoms with Gasteiger partial charge in [0, 0.05) is 38.1 Å². The highest BCUT2D eigenvalue weighted by molar-refractivity contribution is 6.32. The first-order valence-electron chi connectivity index (χ1n) is 7.51. The molecule has 2 aromatic heterocycles. The molecule has 1 unspecified atom stereocenters. The lowest BCUT2D eigenvalue weighted by molar-refractivity contribution is 0.0951. The van der Waals surface area contributed by atoms with Gasteiger partial charge in [0.05, 0.1) is 18.8 Å². The fourth-order valence-electron chi connectivity index (χ4n) is 2.32. The van der Waals surface area contributed by atoms with E-state index in [1.807, 2.05) is 29.1 Å². The molecule has 0 spiro atoms. The van der Waals surface area contributed by atoms with E-state index >= 15 is 0 Å². The van der Waals surface area contributed by atoms with Gasteiger partial charge in [0.2, 0.25) is 5.88 Å². The molecule has 1 saturated heterocycles. The van der Waals surface area contributed by atoms with Gasteiger partial charge in [-0.15, -0.1) is 0 Å². The van der Waals surface area contributed by atoms with Gasteiger partial charge in [-0.1, -0.05) is 11.6 Å². The molecule has 1 amide bonds. The second-order valence-electron chi connectivity index (χ2n) is 5.29. The fraction of sp³-hybridized carbons (Fsp3) is 0.375. The molecule has 0 bridgehead atoms. The number of ether oxygens (including phenoxy) is 2. The number of aromatic nitrogens is 2. The minimum Gasteiger partial charge on any atom is -0.471 e. The molecule has 23 heavy (non-hydrogen) atoms. The zero-order chi connectivity index (χ0) is 16.1. The van der Waals surface area contributed by atoms with Crippen molar-refractivity contribution < 1.29 is 14.3 Å². The maximum absolute atomic E-state index is 12.1. The van der Waals surface area contributed by atoms with Crippen molar-refractivity contribution in [3.05, 3.63) is 47.4 Å². The molecule has 1 aliphatic heterocycles. The van der Waals surface area contributed by atoms with E-state index in [0.29, 0.717) is 42.8 Å². The normalized spacial score (nSPS) is 17.2. The van der Waals surface area contributed by atoms with E-state index in [1.165, 1.54) is 6.20 Å². The summed E-state index contributed by atoms with van der Waals surface area (Å²) < 4.78 is 12.9. The largest absolute Gasteiger partial charge is 0.471 e. The maximum atomic E-state index is 12.1. The Bertz CT molecular complexity index is 655. The molecule has 6 nitrogen and oxygen atoms in total. The molecule has 0 saturated carbocycles. The van der Waals surface area contributed by atoms with Crippen molar-refractivity contribution in [3.8, 4) is 5.88 Å². The molecule has 1 N–H and O–H groups in total. The number of amides is 1. The predicted molar refractivity (Wildman–Crippen MR) is 85.9 cm³/mol. The summed E-state index contributed by atoms with van der Waals surface area (Å²) in [5.41, 5.74) is 0.414. The molecule has 0 aliphatic carbocycles. The van der Waals surface area contributed by atoms with Gasteiger partial charge in [-0.2, -0.15) is 0 Å². The second kappa shape index (κ2) is 7.48. The molecule has 122 valence electrons. The van der Waals surface area contributed by atoms with E-state index in [1.54, 1.807) is 6.07 Å². The number of halogens is 1. The number of rotatable bonds is 6. The third kappa shape index (κ3) is 4.24. The van der Waals surface area contributed by atoms with Crippen molar-refractivity contribution >= 4 is 17.5 Å². The predicted octanol–water partition coefficient (Wildman–Crippen LogP) is 2.13. The minimum atomic E-state index is -0.206. The highest BCUT2D eigenvalue weighted by atomic mass is 35.5. The number of carbonyl (C=O) groups excluding carboxylic acids is 1. The van der Waals surface area contributed by atoms with Crippen molar-refractivity contribution in [2.24, 2.45) is 0 Å². The van der Waals surface area contributed by atoms with Crippen LogP contribution in [-0.2, 0) is 11.3 Å². The highest BCUT2D eigenvalue weighted by Gasteiger charge is 2.19. The van der Waals surface area contributed by atoms with E-state index in [9.17, 15) is 4.79 Å². The smallest absolute Gasteiger partial charge is 0.252 e. The molecular formula is C16H18ClN3O3. The van der Waals surface area contributed by atoms with E-state index in [-0.39, 0.29) is 12.0 Å². The Morgan fingerprint density at radius 2 is 2.30 bits per heavy atom. The Hall–Kier alpha value is -2.05. The molecule has 1 fully saturated rings. The molecule has 0 aromatic carbocycles. The highest BCUT2D eigenvalue weighted by Crippen LogP contribution is 2.25. The molecular weight excluding hydrogens is 318 g/mol. The van der Waals surface area contributed by atoms with Gasteiger partial charge in [-0.3, -0.25) is 4.79 Å². The molecule has 3 heterocycles. The van der Waals surface area contributed by atoms with Crippen LogP contribution in [0.3, 0.4) is 0 Å². The maximum Gasteiger partial charge on any atom is 0.252 e. The number of pyridine rings is 1. The van der Waals surface area contributed by atoms with Crippen molar-refractivity contribution in [2.45, 2.75) is 19.1 Å². The van der Waals surface area contributed by atoms with Crippen molar-refractivity contribution in [2.75, 3.05) is 19.8 Å². The molecule has 0 radical (unpaired) electrons. The van der Waals surface area contributed by atoms with Gasteiger partial charge in [0.25, 0.3) is 5.91 Å². The average Bonchev–Trinajstić information content (AvgIpc) is 3.22. The summed E-state index contributed by atoms with van der Waals surface area (Å²) in [6, 6.07) is 5.46. The van der Waals surface area contributed by atoms with E-state index < -0.39 is 0 Å². The number of carbonyl (C=O) groups is 1. The van der Waals surface area contributed by atoms with Crippen LogP contribution < -0.4 is 10.1 Å². The molecule has 3 rings (SSSR count). The minimum absolute atomic E-state index is 0.0266. The zero-order valence-electron chi connectivity index (χ0n) is 12.6. The Morgan fingerprint density at radius 3 is 3.00 bits per heavy atom. The van der Waals surface area contributed by atoms with Gasteiger partial charge >= 0.3 is 0 Å². The van der Waals surface area contributed by atoms with Gasteiger partial charge in [0.1, 0.15) is 11.1 Å². The first kappa shape index (κ1) is 15.8. The van der Waals surface area contributed by atoms with Crippen LogP contribution in [0.4, 0.5) is 0 Å². The SMILES string of the molecule is O=C(NCCn1cccc1)c1cnc(OC2CCOC2)c(Cl)c1. The molecule has 7 heteroatoms. The summed E-state index contributed by atoms with van der Waals surface area (Å²) in [5, 5.41) is 3.17. The first-order chi connectivity index (χ1) is 11.2. The summed E-state index contributed by atoms with van der Waals surface area (Å²) in [6.45, 7) is 2.47. The van der Waals surface area contributed by atoms with Crippen molar-refractivity contribution in [1.29, 1.82) is 0 Å². The van der Waals surface area contributed by atoms with Crippen LogP contribution in [0.1, 0.15) is 16.8 Å². The quantitative estimate of drug-likeness (QED) is 0.878. The van der Waals surface area contributed by atoms with Crippen LogP contribution >= 0.6 is 11.6 Å². The van der Waals surface area contributed by atoms with Crippen LogP contribution in [0.5, 0.6) is 5.88 Å². The number of hydrogen-bond donors (Lipinski definition) is 1. The van der Waals surface area contributed by atoms with Gasteiger partial charge in [-0.05, 0) is 18.2 Å². The Morgan fingerprint density at radius 1 is 1.48 bits per heavy atom. The first-order valence-corrected chi connectivity index (χ1v) is 7.89. The molecule has 1 aliphatic rings. The topological polar surface area (TPSA) is 65.4 Å². The lowest BCUT2D eigenvalue weighted by atomic mass is 10.2. The second-order valence-corrected chi connectivity index (χ2v) is 5.70. The van der Waals surface area contributed by atoms with Crippen LogP contribution in [0, 0.1) is 0 Å². The molecule has 2 aromatic rings. The Kier molecular flexibility index (Phi) is 5.15. The van der Waals surface area contributed by atoms with E-state index in [0.717, 1.165) is 6.42 Å². The van der Waals surface area contributed by atoms with E-state index in [4.69, 9.17) is 21.1 Å². The standard InChI is InChI=1S/C16H18ClN3O3/c17-14-9-12(10-19-16(14)23-13-3-8-22-11-13)15(21)18-4-7-20-5-1-2-6-20/h1-2,5-6,9-10,13H,3-4,7-8,11H2,(H,18,21). The van der Waals surface area contributed by atoms with Crippen molar-refractivity contribution in [3.63, 3.8) is 0 Å². The fourth-order valence-corrected chi connectivity index (χ4v) is 2.53.